The van der Waals surface area contributed by atoms with E-state index in [1.807, 2.05) is 30.3 Å². The van der Waals surface area contributed by atoms with Gasteiger partial charge in [0.05, 0.1) is 5.71 Å². The zero-order valence-corrected chi connectivity index (χ0v) is 11.2. The first-order chi connectivity index (χ1) is 9.59. The number of primary amides is 1. The Kier molecular flexibility index (Phi) is 6.81. The molecule has 2 amide bonds. The molecular weight excluding hydrogens is 258 g/mol. The Balaban J connectivity index is 2.54. The molecule has 0 saturated heterocycles. The van der Waals surface area contributed by atoms with Crippen LogP contribution in [-0.4, -0.2) is 22.8 Å². The Morgan fingerprint density at radius 2 is 1.75 bits per heavy atom. The Morgan fingerprint density at radius 3 is 2.35 bits per heavy atom. The van der Waals surface area contributed by atoms with Gasteiger partial charge in [0.15, 0.2) is 0 Å². The fourth-order valence-electron chi connectivity index (χ4n) is 1.76. The first-order valence-electron chi connectivity index (χ1n) is 6.49. The van der Waals surface area contributed by atoms with Gasteiger partial charge in [-0.05, 0) is 24.8 Å². The Morgan fingerprint density at radius 1 is 1.10 bits per heavy atom. The number of hydrogen-bond acceptors (Lipinski definition) is 3. The second-order valence-electron chi connectivity index (χ2n) is 4.35. The highest BCUT2D eigenvalue weighted by Gasteiger charge is 2.05. The maximum absolute atomic E-state index is 10.7. The molecule has 108 valence electrons. The molecule has 0 spiro atoms. The predicted molar refractivity (Wildman–Crippen MR) is 76.4 cm³/mol. The van der Waals surface area contributed by atoms with Crippen molar-refractivity contribution < 1.29 is 14.7 Å². The summed E-state index contributed by atoms with van der Waals surface area (Å²) in [5.41, 5.74) is 8.89. The number of aliphatic carboxylic acids is 1. The molecule has 0 radical (unpaired) electrons. The van der Waals surface area contributed by atoms with Gasteiger partial charge < -0.3 is 10.8 Å². The van der Waals surface area contributed by atoms with E-state index in [4.69, 9.17) is 10.8 Å². The van der Waals surface area contributed by atoms with Crippen LogP contribution in [-0.2, 0) is 4.79 Å². The third kappa shape index (κ3) is 6.53. The molecule has 1 rings (SSSR count). The summed E-state index contributed by atoms with van der Waals surface area (Å²) in [4.78, 5) is 21.1. The number of hydrogen-bond donors (Lipinski definition) is 3. The molecule has 1 aromatic rings. The quantitative estimate of drug-likeness (QED) is 0.385. The van der Waals surface area contributed by atoms with Crippen molar-refractivity contribution in [3.05, 3.63) is 35.9 Å². The lowest BCUT2D eigenvalue weighted by molar-refractivity contribution is -0.137. The number of rotatable bonds is 8. The molecule has 1 aromatic carbocycles. The second kappa shape index (κ2) is 8.68. The summed E-state index contributed by atoms with van der Waals surface area (Å²) in [6.07, 6.45) is 3.08. The zero-order chi connectivity index (χ0) is 14.8. The summed E-state index contributed by atoms with van der Waals surface area (Å²) in [6, 6.07) is 8.77. The van der Waals surface area contributed by atoms with E-state index >= 15 is 0 Å². The van der Waals surface area contributed by atoms with Crippen LogP contribution >= 0.6 is 0 Å². The minimum absolute atomic E-state index is 0.178. The average molecular weight is 277 g/mol. The Bertz CT molecular complexity index is 472. The largest absolute Gasteiger partial charge is 0.481 e. The number of urea groups is 1. The zero-order valence-electron chi connectivity index (χ0n) is 11.2. The lowest BCUT2D eigenvalue weighted by atomic mass is 10.0. The van der Waals surface area contributed by atoms with Gasteiger partial charge in [0.25, 0.3) is 0 Å². The van der Waals surface area contributed by atoms with Crippen molar-refractivity contribution in [2.45, 2.75) is 32.1 Å². The number of carboxylic acid groups (broad SMARTS) is 1. The maximum Gasteiger partial charge on any atom is 0.332 e. The number of nitrogens with zero attached hydrogens (tertiary/aromatic N) is 1. The number of benzene rings is 1. The topological polar surface area (TPSA) is 105 Å². The Hall–Kier alpha value is -2.37. The second-order valence-corrected chi connectivity index (χ2v) is 4.35. The standard InChI is InChI=1S/C14H19N3O3/c15-14(20)17-16-12(11-7-3-1-4-8-11)9-5-2-6-10-13(18)19/h1,3-4,7-8H,2,5-6,9-10H2,(H,18,19)(H3,15,17,20)/b16-12+. The van der Waals surface area contributed by atoms with E-state index in [1.54, 1.807) is 0 Å². The molecule has 0 fully saturated rings. The van der Waals surface area contributed by atoms with E-state index < -0.39 is 12.0 Å². The van der Waals surface area contributed by atoms with Gasteiger partial charge in [0.2, 0.25) is 0 Å². The number of carbonyl (C=O) groups excluding carboxylic acids is 1. The first kappa shape index (κ1) is 15.7. The summed E-state index contributed by atoms with van der Waals surface area (Å²) in [6.45, 7) is 0. The molecule has 0 bridgehead atoms. The molecule has 20 heavy (non-hydrogen) atoms. The lowest BCUT2D eigenvalue weighted by Crippen LogP contribution is -2.26. The molecular formula is C14H19N3O3. The molecule has 4 N–H and O–H groups in total. The number of carbonyl (C=O) groups is 2. The molecule has 0 heterocycles. The van der Waals surface area contributed by atoms with Crippen molar-refractivity contribution in [1.29, 1.82) is 0 Å². The number of amides is 2. The van der Waals surface area contributed by atoms with Crippen LogP contribution in [0, 0.1) is 0 Å². The van der Waals surface area contributed by atoms with Crippen LogP contribution in [0.25, 0.3) is 0 Å². The average Bonchev–Trinajstić information content (AvgIpc) is 2.42. The minimum atomic E-state index is -0.780. The van der Waals surface area contributed by atoms with Crippen LogP contribution in [0.2, 0.25) is 0 Å². The van der Waals surface area contributed by atoms with Crippen LogP contribution in [0.3, 0.4) is 0 Å². The normalized spacial score (nSPS) is 11.1. The van der Waals surface area contributed by atoms with Gasteiger partial charge in [-0.25, -0.2) is 10.2 Å². The van der Waals surface area contributed by atoms with Gasteiger partial charge >= 0.3 is 12.0 Å². The van der Waals surface area contributed by atoms with E-state index in [0.717, 1.165) is 24.1 Å². The van der Waals surface area contributed by atoms with Gasteiger partial charge in [-0.2, -0.15) is 5.10 Å². The summed E-state index contributed by atoms with van der Waals surface area (Å²) < 4.78 is 0. The van der Waals surface area contributed by atoms with Gasteiger partial charge in [0.1, 0.15) is 0 Å². The summed E-state index contributed by atoms with van der Waals surface area (Å²) in [5, 5.41) is 12.6. The van der Waals surface area contributed by atoms with Gasteiger partial charge in [-0.3, -0.25) is 4.79 Å². The molecule has 0 atom stereocenters. The van der Waals surface area contributed by atoms with Crippen molar-refractivity contribution in [2.75, 3.05) is 0 Å². The van der Waals surface area contributed by atoms with Crippen molar-refractivity contribution in [2.24, 2.45) is 10.8 Å². The highest BCUT2D eigenvalue weighted by molar-refractivity contribution is 6.00. The monoisotopic (exact) mass is 277 g/mol. The van der Waals surface area contributed by atoms with Crippen molar-refractivity contribution in [1.82, 2.24) is 5.43 Å². The van der Waals surface area contributed by atoms with Gasteiger partial charge in [-0.15, -0.1) is 0 Å². The van der Waals surface area contributed by atoms with Crippen molar-refractivity contribution in [3.8, 4) is 0 Å². The van der Waals surface area contributed by atoms with Crippen molar-refractivity contribution >= 4 is 17.7 Å². The summed E-state index contributed by atoms with van der Waals surface area (Å²) >= 11 is 0. The van der Waals surface area contributed by atoms with E-state index in [-0.39, 0.29) is 6.42 Å². The van der Waals surface area contributed by atoms with Crippen LogP contribution in [0.5, 0.6) is 0 Å². The molecule has 0 aromatic heterocycles. The van der Waals surface area contributed by atoms with Crippen LogP contribution in [0.4, 0.5) is 4.79 Å². The first-order valence-corrected chi connectivity index (χ1v) is 6.49. The highest BCUT2D eigenvalue weighted by Crippen LogP contribution is 2.10. The number of carboxylic acids is 1. The van der Waals surface area contributed by atoms with Gasteiger partial charge in [-0.1, -0.05) is 36.8 Å². The van der Waals surface area contributed by atoms with Crippen LogP contribution in [0.1, 0.15) is 37.7 Å². The fourth-order valence-corrected chi connectivity index (χ4v) is 1.76. The summed E-state index contributed by atoms with van der Waals surface area (Å²) in [7, 11) is 0. The molecule has 0 aliphatic heterocycles. The number of hydrazone groups is 1. The van der Waals surface area contributed by atoms with E-state index in [2.05, 4.69) is 10.5 Å². The SMILES string of the molecule is NC(=O)N/N=C(\CCCCCC(=O)O)c1ccccc1. The fraction of sp³-hybridized carbons (Fsp3) is 0.357. The van der Waals surface area contributed by atoms with E-state index in [1.165, 1.54) is 0 Å². The predicted octanol–water partition coefficient (Wildman–Crippen LogP) is 2.09. The number of nitrogens with two attached hydrogens (primary N) is 1. The molecule has 0 aliphatic carbocycles. The van der Waals surface area contributed by atoms with Crippen LogP contribution in [0.15, 0.2) is 35.4 Å². The van der Waals surface area contributed by atoms with Gasteiger partial charge in [0, 0.05) is 6.42 Å². The summed E-state index contributed by atoms with van der Waals surface area (Å²) in [5.74, 6) is -0.780. The third-order valence-corrected chi connectivity index (χ3v) is 2.71. The van der Waals surface area contributed by atoms with Crippen molar-refractivity contribution in [3.63, 3.8) is 0 Å². The minimum Gasteiger partial charge on any atom is -0.481 e. The van der Waals surface area contributed by atoms with Crippen LogP contribution < -0.4 is 11.2 Å². The Labute approximate surface area is 117 Å². The van der Waals surface area contributed by atoms with E-state index in [9.17, 15) is 9.59 Å². The maximum atomic E-state index is 10.7. The molecule has 0 aliphatic rings. The van der Waals surface area contributed by atoms with E-state index in [0.29, 0.717) is 12.8 Å². The lowest BCUT2D eigenvalue weighted by Gasteiger charge is -2.06. The molecule has 0 unspecified atom stereocenters. The number of nitrogens with one attached hydrogen (secondary N) is 1. The number of unbranched alkanes of at least 4 members (excludes halogenated alkanes) is 2. The third-order valence-electron chi connectivity index (χ3n) is 2.71. The molecule has 6 heteroatoms. The highest BCUT2D eigenvalue weighted by atomic mass is 16.4. The molecule has 6 nitrogen and oxygen atoms in total. The molecule has 0 saturated carbocycles. The smallest absolute Gasteiger partial charge is 0.332 e.